The van der Waals surface area contributed by atoms with Crippen molar-refractivity contribution in [3.63, 3.8) is 0 Å². The van der Waals surface area contributed by atoms with Crippen LogP contribution in [0.3, 0.4) is 0 Å². The SMILES string of the molecule is Cc1cc(Nc2ccccc2)ncc1C(=O)O. The molecule has 86 valence electrons. The van der Waals surface area contributed by atoms with Crippen molar-refractivity contribution in [2.45, 2.75) is 6.92 Å². The second-order valence-corrected chi connectivity index (χ2v) is 3.68. The van der Waals surface area contributed by atoms with E-state index in [0.29, 0.717) is 11.4 Å². The van der Waals surface area contributed by atoms with E-state index >= 15 is 0 Å². The Morgan fingerprint density at radius 2 is 2.00 bits per heavy atom. The molecule has 0 unspecified atom stereocenters. The van der Waals surface area contributed by atoms with Crippen LogP contribution in [0.15, 0.2) is 42.6 Å². The molecule has 0 bridgehead atoms. The van der Waals surface area contributed by atoms with E-state index in [1.54, 1.807) is 13.0 Å². The van der Waals surface area contributed by atoms with Gasteiger partial charge in [0, 0.05) is 11.9 Å². The maximum absolute atomic E-state index is 10.8. The van der Waals surface area contributed by atoms with Crippen LogP contribution in [0.2, 0.25) is 0 Å². The number of aromatic nitrogens is 1. The van der Waals surface area contributed by atoms with Crippen LogP contribution in [-0.2, 0) is 0 Å². The highest BCUT2D eigenvalue weighted by Crippen LogP contribution is 2.16. The van der Waals surface area contributed by atoms with Gasteiger partial charge in [-0.2, -0.15) is 0 Å². The van der Waals surface area contributed by atoms with Gasteiger partial charge in [0.25, 0.3) is 0 Å². The second kappa shape index (κ2) is 4.65. The van der Waals surface area contributed by atoms with E-state index in [1.165, 1.54) is 6.20 Å². The highest BCUT2D eigenvalue weighted by molar-refractivity contribution is 5.89. The van der Waals surface area contributed by atoms with Gasteiger partial charge in [-0.15, -0.1) is 0 Å². The third kappa shape index (κ3) is 2.60. The van der Waals surface area contributed by atoms with Crippen LogP contribution in [0.4, 0.5) is 11.5 Å². The molecule has 2 N–H and O–H groups in total. The summed E-state index contributed by atoms with van der Waals surface area (Å²) in [6.07, 6.45) is 1.36. The molecule has 2 rings (SSSR count). The largest absolute Gasteiger partial charge is 0.478 e. The zero-order valence-corrected chi connectivity index (χ0v) is 9.34. The van der Waals surface area contributed by atoms with Crippen molar-refractivity contribution < 1.29 is 9.90 Å². The molecular weight excluding hydrogens is 216 g/mol. The number of hydrogen-bond donors (Lipinski definition) is 2. The maximum atomic E-state index is 10.8. The molecule has 0 saturated carbocycles. The molecule has 0 aliphatic rings. The summed E-state index contributed by atoms with van der Waals surface area (Å²) in [5, 5.41) is 12.0. The molecule has 17 heavy (non-hydrogen) atoms. The molecule has 4 heteroatoms. The molecule has 0 aliphatic carbocycles. The lowest BCUT2D eigenvalue weighted by Crippen LogP contribution is -2.02. The molecule has 0 spiro atoms. The number of rotatable bonds is 3. The first-order valence-corrected chi connectivity index (χ1v) is 5.19. The summed E-state index contributed by atoms with van der Waals surface area (Å²) in [4.78, 5) is 14.9. The first-order chi connectivity index (χ1) is 8.16. The van der Waals surface area contributed by atoms with Crippen LogP contribution in [0.5, 0.6) is 0 Å². The maximum Gasteiger partial charge on any atom is 0.337 e. The second-order valence-electron chi connectivity index (χ2n) is 3.68. The number of hydrogen-bond acceptors (Lipinski definition) is 3. The molecule has 0 saturated heterocycles. The Balaban J connectivity index is 2.24. The number of carboxylic acid groups (broad SMARTS) is 1. The van der Waals surface area contributed by atoms with E-state index in [1.807, 2.05) is 30.3 Å². The number of aromatic carboxylic acids is 1. The van der Waals surface area contributed by atoms with Crippen molar-refractivity contribution in [1.29, 1.82) is 0 Å². The number of nitrogens with zero attached hydrogens (tertiary/aromatic N) is 1. The molecule has 1 aromatic carbocycles. The smallest absolute Gasteiger partial charge is 0.337 e. The lowest BCUT2D eigenvalue weighted by Gasteiger charge is -2.07. The molecule has 2 aromatic rings. The van der Waals surface area contributed by atoms with Crippen LogP contribution in [0, 0.1) is 6.92 Å². The van der Waals surface area contributed by atoms with Gasteiger partial charge < -0.3 is 10.4 Å². The zero-order valence-electron chi connectivity index (χ0n) is 9.34. The predicted octanol–water partition coefficient (Wildman–Crippen LogP) is 2.83. The first-order valence-electron chi connectivity index (χ1n) is 5.19. The van der Waals surface area contributed by atoms with E-state index in [-0.39, 0.29) is 5.56 Å². The predicted molar refractivity (Wildman–Crippen MR) is 65.7 cm³/mol. The van der Waals surface area contributed by atoms with Gasteiger partial charge in [-0.05, 0) is 30.7 Å². The fourth-order valence-electron chi connectivity index (χ4n) is 1.52. The van der Waals surface area contributed by atoms with Crippen molar-refractivity contribution in [2.24, 2.45) is 0 Å². The van der Waals surface area contributed by atoms with Gasteiger partial charge in [0.1, 0.15) is 5.82 Å². The van der Waals surface area contributed by atoms with Gasteiger partial charge >= 0.3 is 5.97 Å². The zero-order chi connectivity index (χ0) is 12.3. The van der Waals surface area contributed by atoms with Crippen LogP contribution in [0.1, 0.15) is 15.9 Å². The van der Waals surface area contributed by atoms with Crippen molar-refractivity contribution in [2.75, 3.05) is 5.32 Å². The van der Waals surface area contributed by atoms with Gasteiger partial charge in [0.15, 0.2) is 0 Å². The highest BCUT2D eigenvalue weighted by atomic mass is 16.4. The Labute approximate surface area is 98.9 Å². The summed E-state index contributed by atoms with van der Waals surface area (Å²) in [6.45, 7) is 1.75. The minimum Gasteiger partial charge on any atom is -0.478 e. The minimum absolute atomic E-state index is 0.226. The fourth-order valence-corrected chi connectivity index (χ4v) is 1.52. The summed E-state index contributed by atoms with van der Waals surface area (Å²) >= 11 is 0. The fraction of sp³-hybridized carbons (Fsp3) is 0.0769. The summed E-state index contributed by atoms with van der Waals surface area (Å²) in [5.41, 5.74) is 1.83. The first kappa shape index (κ1) is 11.1. The number of nitrogens with one attached hydrogen (secondary N) is 1. The van der Waals surface area contributed by atoms with E-state index in [0.717, 1.165) is 5.69 Å². The normalized spacial score (nSPS) is 9.94. The van der Waals surface area contributed by atoms with Gasteiger partial charge in [-0.3, -0.25) is 0 Å². The topological polar surface area (TPSA) is 62.2 Å². The van der Waals surface area contributed by atoms with Crippen molar-refractivity contribution in [1.82, 2.24) is 4.98 Å². The lowest BCUT2D eigenvalue weighted by atomic mass is 10.1. The highest BCUT2D eigenvalue weighted by Gasteiger charge is 2.08. The summed E-state index contributed by atoms with van der Waals surface area (Å²) < 4.78 is 0. The minimum atomic E-state index is -0.957. The van der Waals surface area contributed by atoms with Crippen LogP contribution in [0.25, 0.3) is 0 Å². The number of anilines is 2. The average molecular weight is 228 g/mol. The number of aryl methyl sites for hydroxylation is 1. The molecular formula is C13H12N2O2. The third-order valence-electron chi connectivity index (χ3n) is 2.39. The van der Waals surface area contributed by atoms with E-state index in [2.05, 4.69) is 10.3 Å². The van der Waals surface area contributed by atoms with Gasteiger partial charge in [-0.25, -0.2) is 9.78 Å². The van der Waals surface area contributed by atoms with Gasteiger partial charge in [0.2, 0.25) is 0 Å². The Hall–Kier alpha value is -2.36. The summed E-state index contributed by atoms with van der Waals surface area (Å²) in [7, 11) is 0. The number of benzene rings is 1. The Morgan fingerprint density at radius 1 is 1.29 bits per heavy atom. The Morgan fingerprint density at radius 3 is 2.59 bits per heavy atom. The number of para-hydroxylation sites is 1. The van der Waals surface area contributed by atoms with Crippen molar-refractivity contribution in [3.8, 4) is 0 Å². The standard InChI is InChI=1S/C13H12N2O2/c1-9-7-12(14-8-11(9)13(16)17)15-10-5-3-2-4-6-10/h2-8H,1H3,(H,14,15)(H,16,17). The molecule has 0 aliphatic heterocycles. The number of pyridine rings is 1. The molecule has 1 heterocycles. The third-order valence-corrected chi connectivity index (χ3v) is 2.39. The average Bonchev–Trinajstić information content (AvgIpc) is 2.30. The number of carboxylic acids is 1. The summed E-state index contributed by atoms with van der Waals surface area (Å²) in [6, 6.07) is 11.3. The van der Waals surface area contributed by atoms with E-state index < -0.39 is 5.97 Å². The lowest BCUT2D eigenvalue weighted by molar-refractivity contribution is 0.0695. The van der Waals surface area contributed by atoms with E-state index in [9.17, 15) is 4.79 Å². The molecule has 1 aromatic heterocycles. The Bertz CT molecular complexity index is 538. The Kier molecular flexibility index (Phi) is 3.05. The molecule has 0 radical (unpaired) electrons. The van der Waals surface area contributed by atoms with Crippen LogP contribution < -0.4 is 5.32 Å². The quantitative estimate of drug-likeness (QED) is 0.847. The number of carbonyl (C=O) groups is 1. The van der Waals surface area contributed by atoms with Gasteiger partial charge in [-0.1, -0.05) is 18.2 Å². The molecule has 0 amide bonds. The molecule has 0 fully saturated rings. The van der Waals surface area contributed by atoms with Crippen LogP contribution >= 0.6 is 0 Å². The summed E-state index contributed by atoms with van der Waals surface area (Å²) in [5.74, 6) is -0.319. The van der Waals surface area contributed by atoms with E-state index in [4.69, 9.17) is 5.11 Å². The molecule has 0 atom stereocenters. The van der Waals surface area contributed by atoms with Gasteiger partial charge in [0.05, 0.1) is 5.56 Å². The van der Waals surface area contributed by atoms with Crippen molar-refractivity contribution in [3.05, 3.63) is 53.7 Å². The molecule has 4 nitrogen and oxygen atoms in total. The van der Waals surface area contributed by atoms with Crippen molar-refractivity contribution >= 4 is 17.5 Å². The van der Waals surface area contributed by atoms with Crippen LogP contribution in [-0.4, -0.2) is 16.1 Å². The monoisotopic (exact) mass is 228 g/mol.